The molecule has 29 heavy (non-hydrogen) atoms. The van der Waals surface area contributed by atoms with E-state index in [2.05, 4.69) is 27.5 Å². The molecular weight excluding hydrogens is 369 g/mol. The van der Waals surface area contributed by atoms with Gasteiger partial charge in [0.25, 0.3) is 5.91 Å². The van der Waals surface area contributed by atoms with E-state index < -0.39 is 0 Å². The van der Waals surface area contributed by atoms with Crippen molar-refractivity contribution in [1.29, 1.82) is 0 Å². The summed E-state index contributed by atoms with van der Waals surface area (Å²) in [7, 11) is 2.07. The van der Waals surface area contributed by atoms with Gasteiger partial charge in [0.15, 0.2) is 0 Å². The van der Waals surface area contributed by atoms with Crippen LogP contribution in [0.4, 0.5) is 10.1 Å². The van der Waals surface area contributed by atoms with Crippen molar-refractivity contribution >= 4 is 11.6 Å². The minimum atomic E-state index is -0.281. The largest absolute Gasteiger partial charge is 0.381 e. The minimum absolute atomic E-state index is 0.0767. The van der Waals surface area contributed by atoms with Crippen LogP contribution in [0.25, 0.3) is 11.3 Å². The van der Waals surface area contributed by atoms with Gasteiger partial charge in [0.05, 0.1) is 11.9 Å². The highest BCUT2D eigenvalue weighted by molar-refractivity contribution is 5.94. The van der Waals surface area contributed by atoms with Gasteiger partial charge in [0.1, 0.15) is 5.82 Å². The van der Waals surface area contributed by atoms with Crippen molar-refractivity contribution in [1.82, 2.24) is 20.0 Å². The molecule has 0 aliphatic carbocycles. The van der Waals surface area contributed by atoms with Gasteiger partial charge in [-0.15, -0.1) is 0 Å². The molecule has 7 heteroatoms. The van der Waals surface area contributed by atoms with Crippen LogP contribution in [-0.2, 0) is 6.54 Å². The molecule has 0 atom stereocenters. The molecule has 0 radical (unpaired) electrons. The Morgan fingerprint density at radius 2 is 1.90 bits per heavy atom. The fraction of sp³-hybridized carbons (Fsp3) is 0.273. The number of anilines is 1. The number of carbonyl (C=O) groups is 1. The summed E-state index contributed by atoms with van der Waals surface area (Å²) >= 11 is 0. The van der Waals surface area contributed by atoms with Crippen LogP contribution in [0.5, 0.6) is 0 Å². The summed E-state index contributed by atoms with van der Waals surface area (Å²) in [5.41, 5.74) is 4.09. The number of carbonyl (C=O) groups excluding carboxylic acids is 1. The summed E-state index contributed by atoms with van der Waals surface area (Å²) < 4.78 is 13.5. The summed E-state index contributed by atoms with van der Waals surface area (Å²) in [5.74, 6) is -0.204. The molecule has 1 aliphatic rings. The Bertz CT molecular complexity index is 977. The topological polar surface area (TPSA) is 64.3 Å². The van der Waals surface area contributed by atoms with Gasteiger partial charge in [-0.05, 0) is 43.4 Å². The monoisotopic (exact) mass is 393 g/mol. The number of nitrogens with one attached hydrogen (secondary N) is 2. The van der Waals surface area contributed by atoms with Crippen molar-refractivity contribution in [2.75, 3.05) is 38.5 Å². The van der Waals surface area contributed by atoms with E-state index in [4.69, 9.17) is 0 Å². The fourth-order valence-corrected chi connectivity index (χ4v) is 3.46. The highest BCUT2D eigenvalue weighted by Gasteiger charge is 2.20. The van der Waals surface area contributed by atoms with E-state index in [0.717, 1.165) is 48.7 Å². The molecule has 0 unspecified atom stereocenters. The van der Waals surface area contributed by atoms with Gasteiger partial charge in [-0.1, -0.05) is 12.1 Å². The molecule has 2 aromatic carbocycles. The molecule has 1 fully saturated rings. The van der Waals surface area contributed by atoms with E-state index in [-0.39, 0.29) is 11.7 Å². The number of piperazine rings is 1. The molecule has 6 nitrogen and oxygen atoms in total. The van der Waals surface area contributed by atoms with Crippen molar-refractivity contribution < 1.29 is 9.18 Å². The maximum Gasteiger partial charge on any atom is 0.253 e. The van der Waals surface area contributed by atoms with Crippen LogP contribution in [-0.4, -0.2) is 59.1 Å². The Kier molecular flexibility index (Phi) is 5.57. The molecular formula is C22H24FN5O. The van der Waals surface area contributed by atoms with Crippen molar-refractivity contribution in [3.63, 3.8) is 0 Å². The zero-order chi connectivity index (χ0) is 20.2. The molecule has 150 valence electrons. The van der Waals surface area contributed by atoms with Crippen LogP contribution in [0, 0.1) is 5.82 Å². The standard InChI is InChI=1S/C22H24FN5O/c1-27-9-11-28(12-10-27)22(29)16-5-7-20(8-6-16)24-14-18-15-25-26-21(18)17-3-2-4-19(23)13-17/h2-8,13,15,24H,9-12,14H2,1H3,(H,25,26). The van der Waals surface area contributed by atoms with E-state index in [1.807, 2.05) is 35.2 Å². The number of halogens is 1. The molecule has 0 bridgehead atoms. The predicted molar refractivity (Wildman–Crippen MR) is 111 cm³/mol. The van der Waals surface area contributed by atoms with Crippen LogP contribution in [0.1, 0.15) is 15.9 Å². The van der Waals surface area contributed by atoms with Crippen LogP contribution in [0.2, 0.25) is 0 Å². The summed E-state index contributed by atoms with van der Waals surface area (Å²) in [4.78, 5) is 16.8. The third-order valence-corrected chi connectivity index (χ3v) is 5.24. The first-order chi connectivity index (χ1) is 14.1. The van der Waals surface area contributed by atoms with Gasteiger partial charge < -0.3 is 15.1 Å². The molecule has 2 heterocycles. The van der Waals surface area contributed by atoms with Gasteiger partial charge in [-0.25, -0.2) is 4.39 Å². The number of hydrogen-bond donors (Lipinski definition) is 2. The van der Waals surface area contributed by atoms with Crippen LogP contribution in [0.15, 0.2) is 54.7 Å². The number of hydrogen-bond acceptors (Lipinski definition) is 4. The predicted octanol–water partition coefficient (Wildman–Crippen LogP) is 3.22. The Morgan fingerprint density at radius 1 is 1.14 bits per heavy atom. The third-order valence-electron chi connectivity index (χ3n) is 5.24. The summed E-state index contributed by atoms with van der Waals surface area (Å²) in [6, 6.07) is 13.9. The van der Waals surface area contributed by atoms with Gasteiger partial charge in [-0.2, -0.15) is 5.10 Å². The average Bonchev–Trinajstić information content (AvgIpc) is 3.21. The Balaban J connectivity index is 1.39. The number of aromatic nitrogens is 2. The molecule has 1 aromatic heterocycles. The Hall–Kier alpha value is -3.19. The van der Waals surface area contributed by atoms with Gasteiger partial charge in [0.2, 0.25) is 0 Å². The lowest BCUT2D eigenvalue weighted by Crippen LogP contribution is -2.47. The Morgan fingerprint density at radius 3 is 2.62 bits per heavy atom. The summed E-state index contributed by atoms with van der Waals surface area (Å²) in [6.45, 7) is 3.87. The van der Waals surface area contributed by atoms with E-state index in [1.165, 1.54) is 12.1 Å². The molecule has 1 aliphatic heterocycles. The number of H-pyrrole nitrogens is 1. The molecule has 3 aromatic rings. The first-order valence-electron chi connectivity index (χ1n) is 9.70. The van der Waals surface area contributed by atoms with Gasteiger partial charge in [0, 0.05) is 55.1 Å². The third kappa shape index (κ3) is 4.46. The molecule has 2 N–H and O–H groups in total. The van der Waals surface area contributed by atoms with Crippen molar-refractivity contribution in [2.45, 2.75) is 6.54 Å². The first-order valence-corrected chi connectivity index (χ1v) is 9.70. The first kappa shape index (κ1) is 19.1. The number of amides is 1. The molecule has 1 amide bonds. The fourth-order valence-electron chi connectivity index (χ4n) is 3.46. The second-order valence-corrected chi connectivity index (χ2v) is 7.31. The number of rotatable bonds is 5. The van der Waals surface area contributed by atoms with Crippen LogP contribution >= 0.6 is 0 Å². The lowest BCUT2D eigenvalue weighted by Gasteiger charge is -2.32. The lowest BCUT2D eigenvalue weighted by molar-refractivity contribution is 0.0664. The minimum Gasteiger partial charge on any atom is -0.381 e. The van der Waals surface area contributed by atoms with E-state index in [9.17, 15) is 9.18 Å². The smallest absolute Gasteiger partial charge is 0.253 e. The SMILES string of the molecule is CN1CCN(C(=O)c2ccc(NCc3cn[nH]c3-c3cccc(F)c3)cc2)CC1. The second-order valence-electron chi connectivity index (χ2n) is 7.31. The Labute approximate surface area is 169 Å². The number of likely N-dealkylation sites (N-methyl/N-ethyl adjacent to an activating group) is 1. The van der Waals surface area contributed by atoms with Crippen molar-refractivity contribution in [2.24, 2.45) is 0 Å². The van der Waals surface area contributed by atoms with Gasteiger partial charge >= 0.3 is 0 Å². The maximum atomic E-state index is 13.5. The second kappa shape index (κ2) is 8.45. The zero-order valence-electron chi connectivity index (χ0n) is 16.4. The molecule has 0 saturated carbocycles. The lowest BCUT2D eigenvalue weighted by atomic mass is 10.1. The highest BCUT2D eigenvalue weighted by atomic mass is 19.1. The highest BCUT2D eigenvalue weighted by Crippen LogP contribution is 2.23. The van der Waals surface area contributed by atoms with Crippen LogP contribution < -0.4 is 5.32 Å². The van der Waals surface area contributed by atoms with Gasteiger partial charge in [-0.3, -0.25) is 9.89 Å². The molecule has 1 saturated heterocycles. The number of aromatic amines is 1. The van der Waals surface area contributed by atoms with Crippen molar-refractivity contribution in [3.05, 3.63) is 71.7 Å². The van der Waals surface area contributed by atoms with Crippen molar-refractivity contribution in [3.8, 4) is 11.3 Å². The quantitative estimate of drug-likeness (QED) is 0.699. The van der Waals surface area contributed by atoms with Crippen LogP contribution in [0.3, 0.4) is 0 Å². The average molecular weight is 393 g/mol. The zero-order valence-corrected chi connectivity index (χ0v) is 16.4. The van der Waals surface area contributed by atoms with E-state index >= 15 is 0 Å². The molecule has 4 rings (SSSR count). The number of nitrogens with zero attached hydrogens (tertiary/aromatic N) is 3. The molecule has 0 spiro atoms. The summed E-state index contributed by atoms with van der Waals surface area (Å²) in [5, 5.41) is 10.4. The normalized spacial score (nSPS) is 14.8. The summed E-state index contributed by atoms with van der Waals surface area (Å²) in [6.07, 6.45) is 1.73. The maximum absolute atomic E-state index is 13.5. The number of benzene rings is 2. The van der Waals surface area contributed by atoms with E-state index in [0.29, 0.717) is 12.1 Å². The van der Waals surface area contributed by atoms with E-state index in [1.54, 1.807) is 12.3 Å².